The fourth-order valence-corrected chi connectivity index (χ4v) is 0.868. The third-order valence-electron chi connectivity index (χ3n) is 1.30. The molecule has 2 heteroatoms. The van der Waals surface area contributed by atoms with E-state index in [2.05, 4.69) is 0 Å². The summed E-state index contributed by atoms with van der Waals surface area (Å²) >= 11 is 0. The lowest BCUT2D eigenvalue weighted by Gasteiger charge is -2.02. The molecule has 1 nitrogen and oxygen atoms in total. The van der Waals surface area contributed by atoms with E-state index >= 15 is 0 Å². The maximum atomic E-state index is 7.10. The van der Waals surface area contributed by atoms with E-state index in [9.17, 15) is 0 Å². The van der Waals surface area contributed by atoms with Gasteiger partial charge in [-0.05, 0) is 18.8 Å². The Balaban J connectivity index is 0.00000169. The van der Waals surface area contributed by atoms with Crippen LogP contribution in [0.1, 0.15) is 16.5 Å². The summed E-state index contributed by atoms with van der Waals surface area (Å²) in [6.07, 6.45) is 0.400. The van der Waals surface area contributed by atoms with Gasteiger partial charge in [-0.25, -0.2) is 0 Å². The number of benzene rings is 1. The first kappa shape index (κ1) is 6.04. The van der Waals surface area contributed by atoms with E-state index in [4.69, 9.17) is 9.85 Å². The zero-order valence-electron chi connectivity index (χ0n) is 9.16. The van der Waals surface area contributed by atoms with E-state index in [1.54, 1.807) is 0 Å². The van der Waals surface area contributed by atoms with Gasteiger partial charge >= 0.3 is 0 Å². The van der Waals surface area contributed by atoms with Gasteiger partial charge < -0.3 is 5.73 Å². The Kier molecular flexibility index (Phi) is 2.83. The molecule has 11 heavy (non-hydrogen) atoms. The Bertz CT molecular complexity index is 261. The Labute approximate surface area is 78.2 Å². The van der Waals surface area contributed by atoms with Crippen molar-refractivity contribution in [1.29, 1.82) is 0 Å². The van der Waals surface area contributed by atoms with Crippen molar-refractivity contribution in [2.75, 3.05) is 0 Å². The van der Waals surface area contributed by atoms with Crippen molar-refractivity contribution < 1.29 is 4.11 Å². The molecule has 1 aromatic carbocycles. The standard InChI is InChI=1S/C9H13N.ClH/c1-8(10)7-9-5-3-2-4-6-9;/h2-6,8H,7,10H2,1H3;1H/t8-;/m0./s1/i1D3;. The minimum atomic E-state index is -2.06. The van der Waals surface area contributed by atoms with Crippen LogP contribution in [0.3, 0.4) is 0 Å². The van der Waals surface area contributed by atoms with Crippen LogP contribution in [-0.4, -0.2) is 6.04 Å². The predicted molar refractivity (Wildman–Crippen MR) is 51.0 cm³/mol. The first-order valence-corrected chi connectivity index (χ1v) is 3.29. The Morgan fingerprint density at radius 3 is 2.64 bits per heavy atom. The van der Waals surface area contributed by atoms with Crippen molar-refractivity contribution in [1.82, 2.24) is 0 Å². The fourth-order valence-electron chi connectivity index (χ4n) is 0.868. The second-order valence-electron chi connectivity index (χ2n) is 2.30. The Morgan fingerprint density at radius 1 is 1.45 bits per heavy atom. The molecule has 0 amide bonds. The lowest BCUT2D eigenvalue weighted by Crippen LogP contribution is -2.17. The van der Waals surface area contributed by atoms with Crippen LogP contribution in [0.15, 0.2) is 30.3 Å². The second kappa shape index (κ2) is 5.16. The molecule has 0 radical (unpaired) electrons. The van der Waals surface area contributed by atoms with Crippen LogP contribution < -0.4 is 5.73 Å². The predicted octanol–water partition coefficient (Wildman–Crippen LogP) is 2.00. The quantitative estimate of drug-likeness (QED) is 0.730. The summed E-state index contributed by atoms with van der Waals surface area (Å²) < 4.78 is 21.3. The molecule has 2 N–H and O–H groups in total. The van der Waals surface area contributed by atoms with Crippen LogP contribution in [-0.2, 0) is 6.42 Å². The zero-order valence-corrected chi connectivity index (χ0v) is 6.97. The van der Waals surface area contributed by atoms with Gasteiger partial charge in [-0.1, -0.05) is 30.3 Å². The number of rotatable bonds is 2. The number of halogens is 1. The van der Waals surface area contributed by atoms with Crippen LogP contribution in [0.2, 0.25) is 0 Å². The van der Waals surface area contributed by atoms with Gasteiger partial charge in [0.2, 0.25) is 0 Å². The van der Waals surface area contributed by atoms with E-state index in [1.807, 2.05) is 30.3 Å². The highest BCUT2D eigenvalue weighted by Gasteiger charge is 1.94. The van der Waals surface area contributed by atoms with Crippen LogP contribution in [0.25, 0.3) is 0 Å². The molecule has 1 aromatic rings. The van der Waals surface area contributed by atoms with Crippen molar-refractivity contribution >= 4 is 12.4 Å². The molecule has 0 saturated carbocycles. The van der Waals surface area contributed by atoms with E-state index < -0.39 is 12.9 Å². The number of hydrogen-bond donors (Lipinski definition) is 1. The second-order valence-corrected chi connectivity index (χ2v) is 2.30. The van der Waals surface area contributed by atoms with Gasteiger partial charge in [0.05, 0.1) is 0 Å². The molecule has 0 heterocycles. The molecule has 0 spiro atoms. The minimum absolute atomic E-state index is 0. The molecule has 0 bridgehead atoms. The monoisotopic (exact) mass is 174 g/mol. The van der Waals surface area contributed by atoms with Gasteiger partial charge in [0.15, 0.2) is 0 Å². The van der Waals surface area contributed by atoms with Gasteiger partial charge in [0, 0.05) is 10.2 Å². The summed E-state index contributed by atoms with van der Waals surface area (Å²) in [5, 5.41) is 0. The molecule has 0 aliphatic carbocycles. The highest BCUT2D eigenvalue weighted by atomic mass is 35.5. The molecule has 0 aliphatic rings. The summed E-state index contributed by atoms with van der Waals surface area (Å²) in [7, 11) is 0. The smallest absolute Gasteiger partial charge is 0.0246 e. The first-order chi connectivity index (χ1) is 6.00. The molecular weight excluding hydrogens is 158 g/mol. The lowest BCUT2D eigenvalue weighted by molar-refractivity contribution is 0.738. The third kappa shape index (κ3) is 4.02. The van der Waals surface area contributed by atoms with E-state index in [-0.39, 0.29) is 12.4 Å². The van der Waals surface area contributed by atoms with E-state index in [0.29, 0.717) is 6.42 Å². The molecule has 1 atom stereocenters. The minimum Gasteiger partial charge on any atom is -0.328 e. The summed E-state index contributed by atoms with van der Waals surface area (Å²) in [5.74, 6) is 0. The topological polar surface area (TPSA) is 26.0 Å². The highest BCUT2D eigenvalue weighted by molar-refractivity contribution is 5.85. The molecule has 1 rings (SSSR count). The third-order valence-corrected chi connectivity index (χ3v) is 1.30. The number of nitrogens with two attached hydrogens (primary N) is 1. The zero-order chi connectivity index (χ0) is 9.90. The largest absolute Gasteiger partial charge is 0.328 e. The maximum Gasteiger partial charge on any atom is 0.0246 e. The van der Waals surface area contributed by atoms with Crippen molar-refractivity contribution in [3.63, 3.8) is 0 Å². The van der Waals surface area contributed by atoms with Gasteiger partial charge in [-0.2, -0.15) is 0 Å². The SMILES string of the molecule is Cl.[2H]C([2H])([2H])[C@H](N)Cc1ccccc1. The molecule has 0 saturated heterocycles. The van der Waals surface area contributed by atoms with Gasteiger partial charge in [-0.3, -0.25) is 0 Å². The Hall–Kier alpha value is -0.530. The summed E-state index contributed by atoms with van der Waals surface area (Å²) in [4.78, 5) is 0. The fraction of sp³-hybridized carbons (Fsp3) is 0.333. The molecular formula is C9H14ClN. The summed E-state index contributed by atoms with van der Waals surface area (Å²) in [6.45, 7) is -2.06. The molecule has 0 aromatic heterocycles. The lowest BCUT2D eigenvalue weighted by atomic mass is 10.1. The van der Waals surface area contributed by atoms with Crippen molar-refractivity contribution in [2.45, 2.75) is 19.3 Å². The van der Waals surface area contributed by atoms with Crippen molar-refractivity contribution in [3.8, 4) is 0 Å². The molecule has 62 valence electrons. The van der Waals surface area contributed by atoms with Crippen molar-refractivity contribution in [3.05, 3.63) is 35.9 Å². The molecule has 0 aliphatic heterocycles. The van der Waals surface area contributed by atoms with E-state index in [1.165, 1.54) is 0 Å². The number of hydrogen-bond acceptors (Lipinski definition) is 1. The van der Waals surface area contributed by atoms with Crippen LogP contribution in [0.5, 0.6) is 0 Å². The van der Waals surface area contributed by atoms with E-state index in [0.717, 1.165) is 5.56 Å². The normalized spacial score (nSPS) is 17.0. The average molecular weight is 175 g/mol. The summed E-state index contributed by atoms with van der Waals surface area (Å²) in [6, 6.07) is 8.64. The van der Waals surface area contributed by atoms with Gasteiger partial charge in [-0.15, -0.1) is 12.4 Å². The first-order valence-electron chi connectivity index (χ1n) is 4.79. The average Bonchev–Trinajstić information content (AvgIpc) is 2.04. The van der Waals surface area contributed by atoms with Crippen molar-refractivity contribution in [2.24, 2.45) is 5.73 Å². The highest BCUT2D eigenvalue weighted by Crippen LogP contribution is 2.00. The molecule has 0 fully saturated rings. The van der Waals surface area contributed by atoms with Gasteiger partial charge in [0.25, 0.3) is 0 Å². The molecule has 0 unspecified atom stereocenters. The van der Waals surface area contributed by atoms with Crippen LogP contribution in [0.4, 0.5) is 0 Å². The van der Waals surface area contributed by atoms with Crippen LogP contribution >= 0.6 is 12.4 Å². The summed E-state index contributed by atoms with van der Waals surface area (Å²) in [5.41, 5.74) is 6.48. The maximum absolute atomic E-state index is 7.10. The van der Waals surface area contributed by atoms with Gasteiger partial charge in [0.1, 0.15) is 0 Å². The van der Waals surface area contributed by atoms with Crippen LogP contribution in [0, 0.1) is 0 Å². The Morgan fingerprint density at radius 2 is 2.09 bits per heavy atom.